The largest absolute Gasteiger partial charge is 0.367 e. The number of hydrogen-bond donors (Lipinski definition) is 0. The molecule has 0 spiro atoms. The van der Waals surface area contributed by atoms with Gasteiger partial charge in [0, 0.05) is 82.0 Å². The fraction of sp³-hybridized carbons (Fsp3) is 0.409. The van der Waals surface area contributed by atoms with Crippen LogP contribution in [-0.4, -0.2) is 77.3 Å². The molecule has 1 atom stereocenters. The number of fused-ring (bicyclic) bond motifs is 1. The second-order valence-corrected chi connectivity index (χ2v) is 10.3. The van der Waals surface area contributed by atoms with Gasteiger partial charge in [-0.1, -0.05) is 0 Å². The lowest BCUT2D eigenvalue weighted by molar-refractivity contribution is -0.135. The van der Waals surface area contributed by atoms with E-state index in [1.807, 2.05) is 11.0 Å². The Bertz CT molecular complexity index is 1300. The predicted octanol–water partition coefficient (Wildman–Crippen LogP) is 1.47. The molecule has 11 heteroatoms. The minimum atomic E-state index is -3.72. The molecule has 9 nitrogen and oxygen atoms in total. The molecule has 0 N–H and O–H groups in total. The fourth-order valence-corrected chi connectivity index (χ4v) is 6.24. The Morgan fingerprint density at radius 2 is 1.85 bits per heavy atom. The van der Waals surface area contributed by atoms with Crippen LogP contribution in [0.25, 0.3) is 10.9 Å². The molecule has 2 saturated heterocycles. The van der Waals surface area contributed by atoms with Gasteiger partial charge in [-0.25, -0.2) is 17.8 Å². The van der Waals surface area contributed by atoms with Gasteiger partial charge in [-0.15, -0.1) is 0 Å². The highest BCUT2D eigenvalue weighted by molar-refractivity contribution is 7.89. The molecule has 5 rings (SSSR count). The number of halogens is 1. The summed E-state index contributed by atoms with van der Waals surface area (Å²) < 4.78 is 42.1. The summed E-state index contributed by atoms with van der Waals surface area (Å²) in [6.45, 7) is 2.87. The molecule has 1 unspecified atom stereocenters. The van der Waals surface area contributed by atoms with Crippen LogP contribution in [0.5, 0.6) is 0 Å². The van der Waals surface area contributed by atoms with Crippen molar-refractivity contribution < 1.29 is 17.6 Å². The SMILES string of the molecule is Cn1ccnc1S(=O)(=O)N1CCC(C(=O)N2CCN(c3ccnc4cc(F)ccc34)CC2)C1. The van der Waals surface area contributed by atoms with E-state index in [9.17, 15) is 17.6 Å². The predicted molar refractivity (Wildman–Crippen MR) is 121 cm³/mol. The molecule has 1 aromatic carbocycles. The number of anilines is 1. The van der Waals surface area contributed by atoms with Gasteiger partial charge in [0.1, 0.15) is 5.82 Å². The standard InChI is InChI=1S/C22H25FN6O3S/c1-26-9-7-25-22(26)33(31,32)29-8-5-16(15-29)21(30)28-12-10-27(11-13-28)20-4-6-24-19-14-17(23)2-3-18(19)20/h2-4,6-7,9,14,16H,5,8,10-13,15H2,1H3. The van der Waals surface area contributed by atoms with Gasteiger partial charge in [-0.05, 0) is 24.6 Å². The maximum absolute atomic E-state index is 13.6. The molecule has 3 aromatic rings. The highest BCUT2D eigenvalue weighted by Crippen LogP contribution is 2.28. The van der Waals surface area contributed by atoms with Crippen LogP contribution in [0.1, 0.15) is 6.42 Å². The topological polar surface area (TPSA) is 91.6 Å². The highest BCUT2D eigenvalue weighted by atomic mass is 32.2. The van der Waals surface area contributed by atoms with Crippen molar-refractivity contribution in [3.63, 3.8) is 0 Å². The lowest BCUT2D eigenvalue weighted by Crippen LogP contribution is -2.50. The van der Waals surface area contributed by atoms with Gasteiger partial charge in [-0.2, -0.15) is 4.31 Å². The molecule has 4 heterocycles. The zero-order valence-corrected chi connectivity index (χ0v) is 19.1. The summed E-state index contributed by atoms with van der Waals surface area (Å²) in [6.07, 6.45) is 5.22. The molecule has 0 bridgehead atoms. The van der Waals surface area contributed by atoms with Crippen molar-refractivity contribution in [2.45, 2.75) is 11.6 Å². The molecule has 174 valence electrons. The summed E-state index contributed by atoms with van der Waals surface area (Å²) in [5.41, 5.74) is 1.58. The second-order valence-electron chi connectivity index (χ2n) is 8.47. The molecule has 0 aliphatic carbocycles. The zero-order chi connectivity index (χ0) is 23.2. The molecular weight excluding hydrogens is 447 g/mol. The van der Waals surface area contributed by atoms with E-state index in [-0.39, 0.29) is 29.3 Å². The molecule has 0 radical (unpaired) electrons. The lowest BCUT2D eigenvalue weighted by Gasteiger charge is -2.37. The Labute approximate surface area is 191 Å². The van der Waals surface area contributed by atoms with Crippen molar-refractivity contribution in [3.8, 4) is 0 Å². The molecule has 1 amide bonds. The number of aromatic nitrogens is 3. The molecule has 2 aliphatic heterocycles. The molecule has 2 aliphatic rings. The van der Waals surface area contributed by atoms with Gasteiger partial charge >= 0.3 is 0 Å². The lowest BCUT2D eigenvalue weighted by atomic mass is 10.1. The molecular formula is C22H25FN6O3S. The van der Waals surface area contributed by atoms with E-state index in [1.54, 1.807) is 25.5 Å². The summed E-state index contributed by atoms with van der Waals surface area (Å²) in [7, 11) is -2.08. The minimum Gasteiger partial charge on any atom is -0.367 e. The normalized spacial score (nSPS) is 20.0. The number of hydrogen-bond acceptors (Lipinski definition) is 6. The van der Waals surface area contributed by atoms with E-state index in [4.69, 9.17) is 0 Å². The number of benzene rings is 1. The molecule has 0 saturated carbocycles. The van der Waals surface area contributed by atoms with Crippen molar-refractivity contribution >= 4 is 32.5 Å². The third-order valence-corrected chi connectivity index (χ3v) is 8.33. The van der Waals surface area contributed by atoms with Crippen LogP contribution < -0.4 is 4.90 Å². The number of piperazine rings is 1. The van der Waals surface area contributed by atoms with Gasteiger partial charge in [0.15, 0.2) is 0 Å². The maximum atomic E-state index is 13.6. The average molecular weight is 473 g/mol. The van der Waals surface area contributed by atoms with Crippen LogP contribution in [0, 0.1) is 11.7 Å². The van der Waals surface area contributed by atoms with Crippen LogP contribution in [-0.2, 0) is 21.9 Å². The van der Waals surface area contributed by atoms with Crippen LogP contribution in [0.2, 0.25) is 0 Å². The highest BCUT2D eigenvalue weighted by Gasteiger charge is 2.39. The first kappa shape index (κ1) is 21.8. The summed E-state index contributed by atoms with van der Waals surface area (Å²) >= 11 is 0. The Morgan fingerprint density at radius 1 is 1.06 bits per heavy atom. The first-order valence-electron chi connectivity index (χ1n) is 10.9. The van der Waals surface area contributed by atoms with Crippen LogP contribution >= 0.6 is 0 Å². The number of carbonyl (C=O) groups excluding carboxylic acids is 1. The number of aryl methyl sites for hydroxylation is 1. The maximum Gasteiger partial charge on any atom is 0.277 e. The third-order valence-electron chi connectivity index (χ3n) is 6.46. The quantitative estimate of drug-likeness (QED) is 0.571. The number of carbonyl (C=O) groups is 1. The number of rotatable bonds is 4. The fourth-order valence-electron chi connectivity index (χ4n) is 4.67. The van der Waals surface area contributed by atoms with Gasteiger partial charge in [0.2, 0.25) is 11.1 Å². The number of nitrogens with zero attached hydrogens (tertiary/aromatic N) is 6. The Morgan fingerprint density at radius 3 is 2.58 bits per heavy atom. The van der Waals surface area contributed by atoms with Gasteiger partial charge in [0.05, 0.1) is 11.4 Å². The molecule has 2 fully saturated rings. The van der Waals surface area contributed by atoms with Gasteiger partial charge in [-0.3, -0.25) is 9.78 Å². The van der Waals surface area contributed by atoms with E-state index >= 15 is 0 Å². The zero-order valence-electron chi connectivity index (χ0n) is 18.3. The summed E-state index contributed by atoms with van der Waals surface area (Å²) in [5.74, 6) is -0.678. The van der Waals surface area contributed by atoms with Crippen LogP contribution in [0.15, 0.2) is 48.0 Å². The van der Waals surface area contributed by atoms with Crippen molar-refractivity contribution in [3.05, 3.63) is 48.7 Å². The van der Waals surface area contributed by atoms with E-state index in [1.165, 1.54) is 27.2 Å². The van der Waals surface area contributed by atoms with Crippen LogP contribution in [0.4, 0.5) is 10.1 Å². The van der Waals surface area contributed by atoms with Crippen molar-refractivity contribution in [2.24, 2.45) is 13.0 Å². The monoisotopic (exact) mass is 472 g/mol. The van der Waals surface area contributed by atoms with Crippen LogP contribution in [0.3, 0.4) is 0 Å². The Kier molecular flexibility index (Phi) is 5.53. The summed E-state index contributed by atoms with van der Waals surface area (Å²) in [6, 6.07) is 6.50. The Balaban J connectivity index is 1.23. The van der Waals surface area contributed by atoms with Gasteiger partial charge < -0.3 is 14.4 Å². The Hall–Kier alpha value is -3.05. The average Bonchev–Trinajstić information content (AvgIpc) is 3.48. The van der Waals surface area contributed by atoms with E-state index in [2.05, 4.69) is 14.9 Å². The summed E-state index contributed by atoms with van der Waals surface area (Å²) in [4.78, 5) is 25.3. The van der Waals surface area contributed by atoms with Gasteiger partial charge in [0.25, 0.3) is 10.0 Å². The van der Waals surface area contributed by atoms with Crippen molar-refractivity contribution in [2.75, 3.05) is 44.2 Å². The third kappa shape index (κ3) is 3.95. The first-order chi connectivity index (χ1) is 15.8. The second kappa shape index (κ2) is 8.38. The van der Waals surface area contributed by atoms with E-state index in [0.717, 1.165) is 11.1 Å². The number of amides is 1. The van der Waals surface area contributed by atoms with E-state index in [0.29, 0.717) is 44.7 Å². The minimum absolute atomic E-state index is 0.00570. The van der Waals surface area contributed by atoms with Crippen molar-refractivity contribution in [1.29, 1.82) is 0 Å². The smallest absolute Gasteiger partial charge is 0.277 e. The first-order valence-corrected chi connectivity index (χ1v) is 12.3. The number of pyridine rings is 1. The summed E-state index contributed by atoms with van der Waals surface area (Å²) in [5, 5.41) is 0.873. The number of imidazole rings is 1. The van der Waals surface area contributed by atoms with E-state index < -0.39 is 10.0 Å². The van der Waals surface area contributed by atoms with Crippen molar-refractivity contribution in [1.82, 2.24) is 23.7 Å². The number of sulfonamides is 1. The molecule has 33 heavy (non-hydrogen) atoms. The molecule has 2 aromatic heterocycles.